The van der Waals surface area contributed by atoms with Crippen molar-refractivity contribution in [1.82, 2.24) is 4.98 Å². The van der Waals surface area contributed by atoms with Crippen molar-refractivity contribution in [2.75, 3.05) is 18.5 Å². The molecule has 0 unspecified atom stereocenters. The average molecular weight is 204 g/mol. The quantitative estimate of drug-likeness (QED) is 0.700. The highest BCUT2D eigenvalue weighted by atomic mass is 19.4. The van der Waals surface area contributed by atoms with Crippen LogP contribution in [0.5, 0.6) is 5.75 Å². The highest BCUT2D eigenvalue weighted by Crippen LogP contribution is 2.34. The summed E-state index contributed by atoms with van der Waals surface area (Å²) in [4.78, 5) is 3.63. The van der Waals surface area contributed by atoms with Gasteiger partial charge in [0.2, 0.25) is 0 Å². The predicted molar refractivity (Wildman–Crippen MR) is 43.2 cm³/mol. The van der Waals surface area contributed by atoms with Crippen LogP contribution in [0.25, 0.3) is 0 Å². The number of pyridine rings is 1. The zero-order valence-corrected chi connectivity index (χ0v) is 7.06. The number of rotatable bonds is 0. The molecule has 3 nitrogen and oxygen atoms in total. The van der Waals surface area contributed by atoms with Crippen LogP contribution in [-0.4, -0.2) is 18.1 Å². The van der Waals surface area contributed by atoms with Gasteiger partial charge in [-0.3, -0.25) is 0 Å². The molecular weight excluding hydrogens is 197 g/mol. The molecule has 0 amide bonds. The van der Waals surface area contributed by atoms with E-state index in [0.29, 0.717) is 19.0 Å². The van der Waals surface area contributed by atoms with Gasteiger partial charge < -0.3 is 10.1 Å². The second kappa shape index (κ2) is 3.04. The molecule has 0 aliphatic carbocycles. The molecule has 76 valence electrons. The van der Waals surface area contributed by atoms with Crippen molar-refractivity contribution in [3.8, 4) is 5.75 Å². The summed E-state index contributed by atoms with van der Waals surface area (Å²) in [5, 5.41) is 2.84. The lowest BCUT2D eigenvalue weighted by Gasteiger charge is -2.18. The number of aromatic nitrogens is 1. The van der Waals surface area contributed by atoms with Crippen LogP contribution in [0.3, 0.4) is 0 Å². The number of halogens is 3. The molecule has 1 aliphatic heterocycles. The van der Waals surface area contributed by atoms with Crippen LogP contribution >= 0.6 is 0 Å². The molecule has 1 aromatic heterocycles. The van der Waals surface area contributed by atoms with Gasteiger partial charge in [-0.1, -0.05) is 0 Å². The molecule has 0 aromatic carbocycles. The SMILES string of the molecule is FC(F)(F)c1cnc2c(c1)OCCN2. The van der Waals surface area contributed by atoms with Crippen molar-refractivity contribution in [2.24, 2.45) is 0 Å². The molecule has 1 aromatic rings. The summed E-state index contributed by atoms with van der Waals surface area (Å²) >= 11 is 0. The van der Waals surface area contributed by atoms with Gasteiger partial charge in [0.05, 0.1) is 12.1 Å². The Morgan fingerprint density at radius 2 is 2.21 bits per heavy atom. The van der Waals surface area contributed by atoms with Crippen molar-refractivity contribution >= 4 is 5.82 Å². The topological polar surface area (TPSA) is 34.1 Å². The molecule has 0 saturated carbocycles. The van der Waals surface area contributed by atoms with E-state index >= 15 is 0 Å². The minimum Gasteiger partial charge on any atom is -0.488 e. The third-order valence-corrected chi connectivity index (χ3v) is 1.83. The van der Waals surface area contributed by atoms with E-state index in [4.69, 9.17) is 4.74 Å². The first-order valence-corrected chi connectivity index (χ1v) is 4.01. The summed E-state index contributed by atoms with van der Waals surface area (Å²) in [5.41, 5.74) is -0.792. The maximum absolute atomic E-state index is 12.2. The Kier molecular flexibility index (Phi) is 1.98. The zero-order valence-electron chi connectivity index (χ0n) is 7.06. The number of fused-ring (bicyclic) bond motifs is 1. The minimum absolute atomic E-state index is 0.158. The van der Waals surface area contributed by atoms with Gasteiger partial charge in [0, 0.05) is 6.20 Å². The minimum atomic E-state index is -4.37. The Balaban J connectivity index is 2.39. The van der Waals surface area contributed by atoms with Crippen LogP contribution in [0.1, 0.15) is 5.56 Å². The van der Waals surface area contributed by atoms with Gasteiger partial charge in [-0.25, -0.2) is 4.98 Å². The smallest absolute Gasteiger partial charge is 0.418 e. The van der Waals surface area contributed by atoms with Crippen molar-refractivity contribution in [2.45, 2.75) is 6.18 Å². The Bertz CT molecular complexity index is 351. The van der Waals surface area contributed by atoms with Gasteiger partial charge in [0.25, 0.3) is 0 Å². The van der Waals surface area contributed by atoms with Gasteiger partial charge >= 0.3 is 6.18 Å². The molecule has 6 heteroatoms. The number of hydrogen-bond donors (Lipinski definition) is 1. The molecule has 0 saturated heterocycles. The summed E-state index contributed by atoms with van der Waals surface area (Å²) < 4.78 is 41.8. The largest absolute Gasteiger partial charge is 0.488 e. The fraction of sp³-hybridized carbons (Fsp3) is 0.375. The number of alkyl halides is 3. The summed E-state index contributed by atoms with van der Waals surface area (Å²) in [5.74, 6) is 0.523. The highest BCUT2D eigenvalue weighted by molar-refractivity contribution is 5.52. The molecule has 2 rings (SSSR count). The maximum Gasteiger partial charge on any atom is 0.418 e. The molecule has 0 atom stereocenters. The summed E-state index contributed by atoms with van der Waals surface area (Å²) in [6.07, 6.45) is -3.58. The first-order valence-electron chi connectivity index (χ1n) is 4.01. The van der Waals surface area contributed by atoms with Crippen LogP contribution < -0.4 is 10.1 Å². The predicted octanol–water partition coefficient (Wildman–Crippen LogP) is 1.90. The Morgan fingerprint density at radius 3 is 2.93 bits per heavy atom. The van der Waals surface area contributed by atoms with Gasteiger partial charge in [-0.05, 0) is 6.07 Å². The van der Waals surface area contributed by atoms with Crippen LogP contribution in [0.4, 0.5) is 19.0 Å². The van der Waals surface area contributed by atoms with Gasteiger partial charge in [-0.2, -0.15) is 13.2 Å². The molecule has 0 fully saturated rings. The normalized spacial score (nSPS) is 15.4. The van der Waals surface area contributed by atoms with Crippen LogP contribution in [0.15, 0.2) is 12.3 Å². The van der Waals surface area contributed by atoms with E-state index in [0.717, 1.165) is 12.3 Å². The second-order valence-corrected chi connectivity index (χ2v) is 2.84. The van der Waals surface area contributed by atoms with E-state index in [1.165, 1.54) is 0 Å². The molecule has 14 heavy (non-hydrogen) atoms. The van der Waals surface area contributed by atoms with E-state index in [-0.39, 0.29) is 5.75 Å². The summed E-state index contributed by atoms with van der Waals surface area (Å²) in [7, 11) is 0. The van der Waals surface area contributed by atoms with Gasteiger partial charge in [-0.15, -0.1) is 0 Å². The molecule has 2 heterocycles. The summed E-state index contributed by atoms with van der Waals surface area (Å²) in [6, 6.07) is 0.953. The van der Waals surface area contributed by atoms with Crippen LogP contribution in [0, 0.1) is 0 Å². The molecular formula is C8H7F3N2O. The fourth-order valence-electron chi connectivity index (χ4n) is 1.17. The highest BCUT2D eigenvalue weighted by Gasteiger charge is 2.32. The molecule has 0 spiro atoms. The van der Waals surface area contributed by atoms with E-state index in [9.17, 15) is 13.2 Å². The maximum atomic E-state index is 12.2. The van der Waals surface area contributed by atoms with Crippen LogP contribution in [-0.2, 0) is 6.18 Å². The first kappa shape index (κ1) is 9.11. The standard InChI is InChI=1S/C8H7F3N2O/c9-8(10,11)5-3-6-7(13-4-5)12-1-2-14-6/h3-4H,1-2H2,(H,12,13). The van der Waals surface area contributed by atoms with Crippen molar-refractivity contribution in [1.29, 1.82) is 0 Å². The molecule has 0 bridgehead atoms. The molecule has 0 radical (unpaired) electrons. The fourth-order valence-corrected chi connectivity index (χ4v) is 1.17. The number of anilines is 1. The number of nitrogens with zero attached hydrogens (tertiary/aromatic N) is 1. The van der Waals surface area contributed by atoms with Gasteiger partial charge in [0.15, 0.2) is 11.6 Å². The first-order chi connectivity index (χ1) is 6.57. The molecule has 1 N–H and O–H groups in total. The Hall–Kier alpha value is -1.46. The lowest BCUT2D eigenvalue weighted by molar-refractivity contribution is -0.137. The van der Waals surface area contributed by atoms with Crippen molar-refractivity contribution in [3.05, 3.63) is 17.8 Å². The van der Waals surface area contributed by atoms with Gasteiger partial charge in [0.1, 0.15) is 6.61 Å². The van der Waals surface area contributed by atoms with E-state index in [1.807, 2.05) is 0 Å². The third kappa shape index (κ3) is 1.59. The number of hydrogen-bond acceptors (Lipinski definition) is 3. The number of ether oxygens (including phenoxy) is 1. The van der Waals surface area contributed by atoms with Crippen molar-refractivity contribution < 1.29 is 17.9 Å². The lowest BCUT2D eigenvalue weighted by atomic mass is 10.2. The van der Waals surface area contributed by atoms with E-state index < -0.39 is 11.7 Å². The second-order valence-electron chi connectivity index (χ2n) is 2.84. The van der Waals surface area contributed by atoms with E-state index in [1.54, 1.807) is 0 Å². The summed E-state index contributed by atoms with van der Waals surface area (Å²) in [6.45, 7) is 0.918. The van der Waals surface area contributed by atoms with Crippen molar-refractivity contribution in [3.63, 3.8) is 0 Å². The van der Waals surface area contributed by atoms with Crippen LogP contribution in [0.2, 0.25) is 0 Å². The Labute approximate surface area is 77.9 Å². The van der Waals surface area contributed by atoms with E-state index in [2.05, 4.69) is 10.3 Å². The Morgan fingerprint density at radius 1 is 1.43 bits per heavy atom. The monoisotopic (exact) mass is 204 g/mol. The number of nitrogens with one attached hydrogen (secondary N) is 1. The zero-order chi connectivity index (χ0) is 10.2. The average Bonchev–Trinajstić information content (AvgIpc) is 2.16. The lowest BCUT2D eigenvalue weighted by Crippen LogP contribution is -2.20. The molecule has 1 aliphatic rings. The third-order valence-electron chi connectivity index (χ3n) is 1.83.